The zero-order chi connectivity index (χ0) is 17.8. The van der Waals surface area contributed by atoms with Gasteiger partial charge in [-0.3, -0.25) is 4.79 Å². The number of nitriles is 1. The highest BCUT2D eigenvalue weighted by Gasteiger charge is 2.10. The van der Waals surface area contributed by atoms with Crippen LogP contribution >= 0.6 is 0 Å². The van der Waals surface area contributed by atoms with Crippen molar-refractivity contribution in [1.29, 1.82) is 5.26 Å². The van der Waals surface area contributed by atoms with Gasteiger partial charge in [0.1, 0.15) is 11.6 Å². The summed E-state index contributed by atoms with van der Waals surface area (Å²) in [5.41, 5.74) is 0.796. The molecule has 1 rings (SSSR count). The van der Waals surface area contributed by atoms with Gasteiger partial charge in [0.25, 0.3) is 5.91 Å². The summed E-state index contributed by atoms with van der Waals surface area (Å²) in [5, 5.41) is 11.9. The van der Waals surface area contributed by atoms with Crippen LogP contribution in [0.1, 0.15) is 45.1 Å². The van der Waals surface area contributed by atoms with Crippen molar-refractivity contribution in [3.63, 3.8) is 0 Å². The third-order valence-electron chi connectivity index (χ3n) is 3.44. The van der Waals surface area contributed by atoms with Crippen LogP contribution in [0.25, 0.3) is 6.08 Å². The van der Waals surface area contributed by atoms with Gasteiger partial charge in [-0.15, -0.1) is 0 Å². The molecule has 5 nitrogen and oxygen atoms in total. The molecule has 1 aromatic carbocycles. The number of benzene rings is 1. The fraction of sp³-hybridized carbons (Fsp3) is 0.474. The molecule has 0 spiro atoms. The fourth-order valence-corrected chi connectivity index (χ4v) is 2.01. The number of carbonyl (C=O) groups is 1. The largest absolute Gasteiger partial charge is 0.493 e. The van der Waals surface area contributed by atoms with E-state index in [2.05, 4.69) is 12.2 Å². The Labute approximate surface area is 144 Å². The quantitative estimate of drug-likeness (QED) is 0.403. The van der Waals surface area contributed by atoms with Crippen molar-refractivity contribution in [3.8, 4) is 17.6 Å². The molecule has 0 bridgehead atoms. The van der Waals surface area contributed by atoms with Crippen molar-refractivity contribution in [3.05, 3.63) is 29.3 Å². The Hall–Kier alpha value is -2.48. The molecule has 0 heterocycles. The molecule has 0 radical (unpaired) electrons. The molecule has 0 unspecified atom stereocenters. The molecule has 130 valence electrons. The summed E-state index contributed by atoms with van der Waals surface area (Å²) in [4.78, 5) is 12.0. The van der Waals surface area contributed by atoms with Gasteiger partial charge in [0.05, 0.1) is 13.7 Å². The van der Waals surface area contributed by atoms with Gasteiger partial charge in [0.15, 0.2) is 11.5 Å². The number of ether oxygens (including phenoxy) is 2. The van der Waals surface area contributed by atoms with Crippen LogP contribution in [0.5, 0.6) is 11.5 Å². The Bertz CT molecular complexity index is 603. The molecule has 1 aromatic rings. The van der Waals surface area contributed by atoms with Crippen LogP contribution in [0.3, 0.4) is 0 Å². The van der Waals surface area contributed by atoms with Gasteiger partial charge in [0, 0.05) is 6.54 Å². The van der Waals surface area contributed by atoms with Crippen LogP contribution < -0.4 is 14.8 Å². The molecule has 0 aliphatic rings. The average Bonchev–Trinajstić information content (AvgIpc) is 2.60. The number of methoxy groups -OCH3 is 1. The van der Waals surface area contributed by atoms with Gasteiger partial charge >= 0.3 is 0 Å². The van der Waals surface area contributed by atoms with E-state index in [1.165, 1.54) is 0 Å². The van der Waals surface area contributed by atoms with Crippen LogP contribution in [-0.4, -0.2) is 26.2 Å². The molecule has 5 heteroatoms. The molecular formula is C19H26N2O3. The van der Waals surface area contributed by atoms with E-state index in [4.69, 9.17) is 9.47 Å². The van der Waals surface area contributed by atoms with Crippen molar-refractivity contribution in [1.82, 2.24) is 5.32 Å². The summed E-state index contributed by atoms with van der Waals surface area (Å²) >= 11 is 0. The molecule has 0 aliphatic heterocycles. The number of amides is 1. The number of nitrogens with zero attached hydrogens (tertiary/aromatic N) is 1. The van der Waals surface area contributed by atoms with Crippen molar-refractivity contribution in [2.24, 2.45) is 0 Å². The predicted molar refractivity (Wildman–Crippen MR) is 94.9 cm³/mol. The molecule has 24 heavy (non-hydrogen) atoms. The summed E-state index contributed by atoms with van der Waals surface area (Å²) in [6, 6.07) is 7.31. The first kappa shape index (κ1) is 19.6. The minimum atomic E-state index is -0.354. The topological polar surface area (TPSA) is 71.4 Å². The first-order valence-corrected chi connectivity index (χ1v) is 8.37. The summed E-state index contributed by atoms with van der Waals surface area (Å²) in [6.07, 6.45) is 5.47. The SMILES string of the molecule is CCCCNC(=O)/C(C#N)=C/c1ccc(OCCCC)c(OC)c1. The van der Waals surface area contributed by atoms with Gasteiger partial charge in [-0.05, 0) is 36.6 Å². The second-order valence-electron chi connectivity index (χ2n) is 5.39. The van der Waals surface area contributed by atoms with E-state index in [-0.39, 0.29) is 11.5 Å². The van der Waals surface area contributed by atoms with Crippen LogP contribution in [0.4, 0.5) is 0 Å². The van der Waals surface area contributed by atoms with Gasteiger partial charge in [0.2, 0.25) is 0 Å². The number of nitrogens with one attached hydrogen (secondary N) is 1. The fourth-order valence-electron chi connectivity index (χ4n) is 2.01. The van der Waals surface area contributed by atoms with E-state index in [1.807, 2.05) is 13.0 Å². The number of carbonyl (C=O) groups excluding carboxylic acids is 1. The zero-order valence-corrected chi connectivity index (χ0v) is 14.7. The molecule has 1 amide bonds. The summed E-state index contributed by atoms with van der Waals surface area (Å²) in [7, 11) is 1.57. The maximum absolute atomic E-state index is 12.0. The maximum atomic E-state index is 12.0. The van der Waals surface area contributed by atoms with E-state index < -0.39 is 0 Å². The average molecular weight is 330 g/mol. The highest BCUT2D eigenvalue weighted by atomic mass is 16.5. The summed E-state index contributed by atoms with van der Waals surface area (Å²) in [5.74, 6) is 0.894. The van der Waals surface area contributed by atoms with E-state index in [1.54, 1.807) is 31.4 Å². The Morgan fingerprint density at radius 2 is 2.00 bits per heavy atom. The van der Waals surface area contributed by atoms with E-state index in [9.17, 15) is 10.1 Å². The third kappa shape index (κ3) is 6.33. The lowest BCUT2D eigenvalue weighted by atomic mass is 10.1. The lowest BCUT2D eigenvalue weighted by Gasteiger charge is -2.11. The Morgan fingerprint density at radius 1 is 1.25 bits per heavy atom. The van der Waals surface area contributed by atoms with Crippen LogP contribution in [0.15, 0.2) is 23.8 Å². The molecule has 0 aromatic heterocycles. The molecular weight excluding hydrogens is 304 g/mol. The summed E-state index contributed by atoms with van der Waals surface area (Å²) < 4.78 is 11.0. The number of hydrogen-bond acceptors (Lipinski definition) is 4. The van der Waals surface area contributed by atoms with Gasteiger partial charge < -0.3 is 14.8 Å². The number of hydrogen-bond donors (Lipinski definition) is 1. The normalized spacial score (nSPS) is 10.8. The van der Waals surface area contributed by atoms with Crippen molar-refractivity contribution < 1.29 is 14.3 Å². The van der Waals surface area contributed by atoms with Crippen molar-refractivity contribution in [2.45, 2.75) is 39.5 Å². The minimum Gasteiger partial charge on any atom is -0.493 e. The number of unbranched alkanes of at least 4 members (excludes halogenated alkanes) is 2. The second kappa shape index (κ2) is 11.1. The standard InChI is InChI=1S/C19H26N2O3/c1-4-6-10-21-19(22)16(14-20)12-15-8-9-17(18(13-15)23-3)24-11-7-5-2/h8-9,12-13H,4-7,10-11H2,1-3H3,(H,21,22)/b16-12+. The Balaban J connectivity index is 2.87. The van der Waals surface area contributed by atoms with E-state index >= 15 is 0 Å². The molecule has 0 saturated heterocycles. The van der Waals surface area contributed by atoms with Crippen molar-refractivity contribution in [2.75, 3.05) is 20.3 Å². The Morgan fingerprint density at radius 3 is 2.62 bits per heavy atom. The highest BCUT2D eigenvalue weighted by molar-refractivity contribution is 6.01. The van der Waals surface area contributed by atoms with Gasteiger partial charge in [-0.2, -0.15) is 5.26 Å². The first-order chi connectivity index (χ1) is 11.7. The van der Waals surface area contributed by atoms with Crippen molar-refractivity contribution >= 4 is 12.0 Å². The molecule has 0 fully saturated rings. The van der Waals surface area contributed by atoms with Crippen LogP contribution in [-0.2, 0) is 4.79 Å². The molecule has 0 atom stereocenters. The monoisotopic (exact) mass is 330 g/mol. The van der Waals surface area contributed by atoms with Gasteiger partial charge in [-0.25, -0.2) is 0 Å². The third-order valence-corrected chi connectivity index (χ3v) is 3.44. The minimum absolute atomic E-state index is 0.0767. The highest BCUT2D eigenvalue weighted by Crippen LogP contribution is 2.29. The zero-order valence-electron chi connectivity index (χ0n) is 14.7. The van der Waals surface area contributed by atoms with Crippen LogP contribution in [0.2, 0.25) is 0 Å². The molecule has 0 aliphatic carbocycles. The van der Waals surface area contributed by atoms with E-state index in [0.29, 0.717) is 24.7 Å². The lowest BCUT2D eigenvalue weighted by Crippen LogP contribution is -2.25. The smallest absolute Gasteiger partial charge is 0.261 e. The molecule has 1 N–H and O–H groups in total. The van der Waals surface area contributed by atoms with Gasteiger partial charge in [-0.1, -0.05) is 32.8 Å². The van der Waals surface area contributed by atoms with E-state index in [0.717, 1.165) is 31.2 Å². The second-order valence-corrected chi connectivity index (χ2v) is 5.39. The maximum Gasteiger partial charge on any atom is 0.261 e. The first-order valence-electron chi connectivity index (χ1n) is 8.37. The lowest BCUT2D eigenvalue weighted by molar-refractivity contribution is -0.117. The number of rotatable bonds is 10. The molecule has 0 saturated carbocycles. The summed E-state index contributed by atoms with van der Waals surface area (Å²) in [6.45, 7) is 5.35. The van der Waals surface area contributed by atoms with Crippen LogP contribution in [0, 0.1) is 11.3 Å². The predicted octanol–water partition coefficient (Wildman–Crippen LogP) is 3.70. The Kier molecular flexibility index (Phi) is 9.06.